The minimum absolute atomic E-state index is 0.223. The molecule has 2 aromatic heterocycles. The summed E-state index contributed by atoms with van der Waals surface area (Å²) in [5.74, 6) is 0.813. The van der Waals surface area contributed by atoms with Gasteiger partial charge in [0.05, 0.1) is 0 Å². The fourth-order valence-electron chi connectivity index (χ4n) is 2.38. The Kier molecular flexibility index (Phi) is 5.08. The third-order valence-electron chi connectivity index (χ3n) is 3.70. The van der Waals surface area contributed by atoms with Crippen LogP contribution in [0.3, 0.4) is 0 Å². The maximum atomic E-state index is 10.7. The molecule has 1 atom stereocenters. The Morgan fingerprint density at radius 2 is 2.24 bits per heavy atom. The van der Waals surface area contributed by atoms with Crippen molar-refractivity contribution in [3.05, 3.63) is 18.7 Å². The molecule has 0 fully saturated rings. The molecule has 21 heavy (non-hydrogen) atoms. The largest absolute Gasteiger partial charge is 0.481 e. The van der Waals surface area contributed by atoms with Gasteiger partial charge in [-0.2, -0.15) is 0 Å². The highest BCUT2D eigenvalue weighted by molar-refractivity contribution is 5.66. The van der Waals surface area contributed by atoms with Gasteiger partial charge in [-0.15, -0.1) is 10.2 Å². The van der Waals surface area contributed by atoms with Gasteiger partial charge in [0.15, 0.2) is 5.82 Å². The third kappa shape index (κ3) is 4.14. The summed E-state index contributed by atoms with van der Waals surface area (Å²) >= 11 is 0. The Labute approximate surface area is 123 Å². The fourth-order valence-corrected chi connectivity index (χ4v) is 2.38. The highest BCUT2D eigenvalue weighted by Gasteiger charge is 2.15. The molecule has 0 bridgehead atoms. The molecule has 0 aliphatic rings. The molecule has 0 aliphatic heterocycles. The molecule has 7 heteroatoms. The number of anilines is 1. The van der Waals surface area contributed by atoms with E-state index in [1.807, 2.05) is 0 Å². The average Bonchev–Trinajstić information content (AvgIpc) is 2.91. The van der Waals surface area contributed by atoms with Gasteiger partial charge < -0.3 is 10.4 Å². The molecule has 2 aromatic rings. The maximum absolute atomic E-state index is 10.7. The van der Waals surface area contributed by atoms with E-state index in [2.05, 4.69) is 34.3 Å². The van der Waals surface area contributed by atoms with Crippen LogP contribution in [0.4, 0.5) is 5.82 Å². The van der Waals surface area contributed by atoms with Crippen molar-refractivity contribution in [2.45, 2.75) is 33.1 Å². The van der Waals surface area contributed by atoms with E-state index in [0.29, 0.717) is 29.7 Å². The lowest BCUT2D eigenvalue weighted by Crippen LogP contribution is -2.16. The second-order valence-electron chi connectivity index (χ2n) is 5.49. The van der Waals surface area contributed by atoms with Gasteiger partial charge in [-0.3, -0.25) is 9.20 Å². The standard InChI is InChI=1S/C14H21N5O2/c1-10(2)11(3-4-12(20)21)5-6-15-13-14-18-17-9-19(14)8-7-16-13/h7-11H,3-6H2,1-2H3,(H,15,16)(H,20,21). The number of aromatic nitrogens is 4. The minimum atomic E-state index is -0.733. The number of carbonyl (C=O) groups is 1. The van der Waals surface area contributed by atoms with Crippen LogP contribution in [0.1, 0.15) is 33.1 Å². The number of carboxylic acids is 1. The fraction of sp³-hybridized carbons (Fsp3) is 0.571. The van der Waals surface area contributed by atoms with Crippen LogP contribution in [0.2, 0.25) is 0 Å². The number of nitrogens with zero attached hydrogens (tertiary/aromatic N) is 4. The number of nitrogens with one attached hydrogen (secondary N) is 1. The average molecular weight is 291 g/mol. The molecule has 2 heterocycles. The first-order chi connectivity index (χ1) is 10.1. The molecule has 2 rings (SSSR count). The van der Waals surface area contributed by atoms with Crippen LogP contribution in [0.25, 0.3) is 5.65 Å². The van der Waals surface area contributed by atoms with Crippen LogP contribution < -0.4 is 5.32 Å². The topological polar surface area (TPSA) is 92.4 Å². The van der Waals surface area contributed by atoms with Gasteiger partial charge in [0.25, 0.3) is 0 Å². The Balaban J connectivity index is 1.89. The number of hydrogen-bond acceptors (Lipinski definition) is 5. The van der Waals surface area contributed by atoms with Crippen molar-refractivity contribution in [2.75, 3.05) is 11.9 Å². The van der Waals surface area contributed by atoms with E-state index in [1.54, 1.807) is 23.1 Å². The van der Waals surface area contributed by atoms with Crippen LogP contribution in [0.15, 0.2) is 18.7 Å². The van der Waals surface area contributed by atoms with E-state index in [4.69, 9.17) is 5.11 Å². The quantitative estimate of drug-likeness (QED) is 0.773. The Hall–Kier alpha value is -2.18. The van der Waals surface area contributed by atoms with Crippen molar-refractivity contribution in [2.24, 2.45) is 11.8 Å². The molecule has 0 spiro atoms. The van der Waals surface area contributed by atoms with Gasteiger partial charge in [-0.1, -0.05) is 13.8 Å². The predicted molar refractivity (Wildman–Crippen MR) is 79.1 cm³/mol. The third-order valence-corrected chi connectivity index (χ3v) is 3.70. The lowest BCUT2D eigenvalue weighted by atomic mass is 9.88. The van der Waals surface area contributed by atoms with E-state index in [-0.39, 0.29) is 6.42 Å². The zero-order valence-electron chi connectivity index (χ0n) is 12.4. The van der Waals surface area contributed by atoms with Crippen molar-refractivity contribution >= 4 is 17.4 Å². The van der Waals surface area contributed by atoms with Gasteiger partial charge in [0.1, 0.15) is 6.33 Å². The Bertz CT molecular complexity index is 596. The molecule has 0 saturated heterocycles. The SMILES string of the molecule is CC(C)C(CCNc1nccn2cnnc12)CCC(=O)O. The first kappa shape index (κ1) is 15.2. The number of fused-ring (bicyclic) bond motifs is 1. The van der Waals surface area contributed by atoms with Crippen LogP contribution in [-0.4, -0.2) is 37.2 Å². The van der Waals surface area contributed by atoms with Gasteiger partial charge in [0.2, 0.25) is 5.65 Å². The van der Waals surface area contributed by atoms with Gasteiger partial charge in [0, 0.05) is 25.4 Å². The van der Waals surface area contributed by atoms with E-state index in [1.165, 1.54) is 0 Å². The summed E-state index contributed by atoms with van der Waals surface area (Å²) in [6, 6.07) is 0. The Morgan fingerprint density at radius 1 is 1.43 bits per heavy atom. The lowest BCUT2D eigenvalue weighted by molar-refractivity contribution is -0.137. The molecule has 0 amide bonds. The number of aliphatic carboxylic acids is 1. The summed E-state index contributed by atoms with van der Waals surface area (Å²) in [6.45, 7) is 5.00. The van der Waals surface area contributed by atoms with Gasteiger partial charge in [-0.05, 0) is 24.7 Å². The van der Waals surface area contributed by atoms with E-state index in [9.17, 15) is 4.79 Å². The van der Waals surface area contributed by atoms with E-state index in [0.717, 1.165) is 13.0 Å². The summed E-state index contributed by atoms with van der Waals surface area (Å²) in [5.41, 5.74) is 0.698. The molecule has 0 aromatic carbocycles. The monoisotopic (exact) mass is 291 g/mol. The molecule has 0 radical (unpaired) electrons. The summed E-state index contributed by atoms with van der Waals surface area (Å²) in [7, 11) is 0. The number of carboxylic acid groups (broad SMARTS) is 1. The molecule has 114 valence electrons. The molecular weight excluding hydrogens is 270 g/mol. The van der Waals surface area contributed by atoms with Crippen LogP contribution in [-0.2, 0) is 4.79 Å². The van der Waals surface area contributed by atoms with Crippen LogP contribution in [0.5, 0.6) is 0 Å². The highest BCUT2D eigenvalue weighted by Crippen LogP contribution is 2.21. The summed E-state index contributed by atoms with van der Waals surface area (Å²) in [4.78, 5) is 15.0. The van der Waals surface area contributed by atoms with E-state index >= 15 is 0 Å². The first-order valence-corrected chi connectivity index (χ1v) is 7.18. The van der Waals surface area contributed by atoms with Crippen molar-refractivity contribution in [3.8, 4) is 0 Å². The highest BCUT2D eigenvalue weighted by atomic mass is 16.4. The summed E-state index contributed by atoms with van der Waals surface area (Å²) < 4.78 is 1.81. The predicted octanol–water partition coefficient (Wildman–Crippen LogP) is 2.06. The lowest BCUT2D eigenvalue weighted by Gasteiger charge is -2.20. The van der Waals surface area contributed by atoms with Crippen molar-refractivity contribution in [1.82, 2.24) is 19.6 Å². The Morgan fingerprint density at radius 3 is 2.95 bits per heavy atom. The van der Waals surface area contributed by atoms with Crippen molar-refractivity contribution in [1.29, 1.82) is 0 Å². The number of hydrogen-bond donors (Lipinski definition) is 2. The molecule has 1 unspecified atom stereocenters. The summed E-state index contributed by atoms with van der Waals surface area (Å²) in [5, 5.41) is 19.9. The van der Waals surface area contributed by atoms with Gasteiger partial charge in [-0.25, -0.2) is 4.98 Å². The zero-order chi connectivity index (χ0) is 15.2. The van der Waals surface area contributed by atoms with E-state index < -0.39 is 5.97 Å². The molecule has 0 aliphatic carbocycles. The van der Waals surface area contributed by atoms with Crippen LogP contribution >= 0.6 is 0 Å². The van der Waals surface area contributed by atoms with Crippen molar-refractivity contribution in [3.63, 3.8) is 0 Å². The molecule has 7 nitrogen and oxygen atoms in total. The van der Waals surface area contributed by atoms with Crippen LogP contribution in [0, 0.1) is 11.8 Å². The smallest absolute Gasteiger partial charge is 0.303 e. The van der Waals surface area contributed by atoms with Crippen molar-refractivity contribution < 1.29 is 9.90 Å². The second kappa shape index (κ2) is 7.01. The molecule has 2 N–H and O–H groups in total. The number of rotatable bonds is 8. The minimum Gasteiger partial charge on any atom is -0.481 e. The molecular formula is C14H21N5O2. The molecule has 0 saturated carbocycles. The maximum Gasteiger partial charge on any atom is 0.303 e. The zero-order valence-corrected chi connectivity index (χ0v) is 12.4. The van der Waals surface area contributed by atoms with Gasteiger partial charge >= 0.3 is 5.97 Å². The second-order valence-corrected chi connectivity index (χ2v) is 5.49. The summed E-state index contributed by atoms with van der Waals surface area (Å²) in [6.07, 6.45) is 6.96. The first-order valence-electron chi connectivity index (χ1n) is 7.18. The normalized spacial score (nSPS) is 12.7.